The van der Waals surface area contributed by atoms with Crippen LogP contribution in [0.1, 0.15) is 24.8 Å². The zero-order valence-corrected chi connectivity index (χ0v) is 10.9. The smallest absolute Gasteiger partial charge is 0.227 e. The number of nitrogens with one attached hydrogen (secondary N) is 1. The first-order valence-electron chi connectivity index (χ1n) is 6.33. The van der Waals surface area contributed by atoms with Gasteiger partial charge in [-0.2, -0.15) is 11.3 Å². The molecule has 18 heavy (non-hydrogen) atoms. The Balaban J connectivity index is 1.74. The highest BCUT2D eigenvalue weighted by Gasteiger charge is 2.39. The minimum Gasteiger partial charge on any atom is -0.354 e. The number of carbonyl (C=O) groups excluding carboxylic acids is 2. The summed E-state index contributed by atoms with van der Waals surface area (Å²) in [6.07, 6.45) is 2.91. The standard InChI is InChI=1S/C13H16N2O2S/c16-12-6-10-1-2-11(7-14-12)15(10)13(17)5-9-3-4-18-8-9/h3-4,8,10-11H,1-2,5-7H2,(H,14,16)/t10-,11+/m1/s1. The van der Waals surface area contributed by atoms with Crippen LogP contribution in [0.2, 0.25) is 0 Å². The molecule has 0 radical (unpaired) electrons. The summed E-state index contributed by atoms with van der Waals surface area (Å²) in [5.41, 5.74) is 1.08. The van der Waals surface area contributed by atoms with Crippen molar-refractivity contribution in [2.45, 2.75) is 37.8 Å². The van der Waals surface area contributed by atoms with Gasteiger partial charge in [-0.25, -0.2) is 0 Å². The molecule has 3 rings (SSSR count). The third kappa shape index (κ3) is 2.14. The summed E-state index contributed by atoms with van der Waals surface area (Å²) in [4.78, 5) is 25.8. The maximum absolute atomic E-state index is 12.4. The van der Waals surface area contributed by atoms with E-state index in [4.69, 9.17) is 0 Å². The van der Waals surface area contributed by atoms with E-state index in [-0.39, 0.29) is 23.9 Å². The molecular weight excluding hydrogens is 248 g/mol. The van der Waals surface area contributed by atoms with Gasteiger partial charge in [0.25, 0.3) is 0 Å². The first-order chi connectivity index (χ1) is 8.74. The SMILES string of the molecule is O=C1C[C@H]2CC[C@@H](CN1)N2C(=O)Cc1ccsc1. The minimum absolute atomic E-state index is 0.0792. The largest absolute Gasteiger partial charge is 0.354 e. The molecule has 1 aromatic heterocycles. The Kier molecular flexibility index (Phi) is 3.07. The molecule has 0 spiro atoms. The second-order valence-corrected chi connectivity index (χ2v) is 5.78. The number of rotatable bonds is 2. The Bertz CT molecular complexity index is 458. The summed E-state index contributed by atoms with van der Waals surface area (Å²) >= 11 is 1.61. The molecule has 1 N–H and O–H groups in total. The highest BCUT2D eigenvalue weighted by Crippen LogP contribution is 2.29. The fourth-order valence-corrected chi connectivity index (χ4v) is 3.61. The summed E-state index contributed by atoms with van der Waals surface area (Å²) in [5.74, 6) is 0.243. The van der Waals surface area contributed by atoms with E-state index >= 15 is 0 Å². The van der Waals surface area contributed by atoms with Gasteiger partial charge in [0.2, 0.25) is 11.8 Å². The van der Waals surface area contributed by atoms with Crippen LogP contribution in [0, 0.1) is 0 Å². The molecule has 2 fully saturated rings. The molecule has 2 aliphatic heterocycles. The van der Waals surface area contributed by atoms with Crippen LogP contribution >= 0.6 is 11.3 Å². The molecule has 2 bridgehead atoms. The maximum atomic E-state index is 12.4. The van der Waals surface area contributed by atoms with Crippen molar-refractivity contribution >= 4 is 23.2 Å². The molecule has 2 atom stereocenters. The third-order valence-corrected chi connectivity index (χ3v) is 4.53. The van der Waals surface area contributed by atoms with Crippen LogP contribution in [-0.2, 0) is 16.0 Å². The zero-order valence-electron chi connectivity index (χ0n) is 10.1. The average molecular weight is 264 g/mol. The molecule has 5 heteroatoms. The van der Waals surface area contributed by atoms with Gasteiger partial charge in [0.15, 0.2) is 0 Å². The molecule has 1 aromatic rings. The highest BCUT2D eigenvalue weighted by atomic mass is 32.1. The third-order valence-electron chi connectivity index (χ3n) is 3.80. The topological polar surface area (TPSA) is 49.4 Å². The molecule has 0 saturated carbocycles. The lowest BCUT2D eigenvalue weighted by Crippen LogP contribution is -2.43. The lowest BCUT2D eigenvalue weighted by molar-refractivity contribution is -0.133. The Labute approximate surface area is 110 Å². The molecule has 3 heterocycles. The van der Waals surface area contributed by atoms with Gasteiger partial charge in [0, 0.05) is 25.0 Å². The fourth-order valence-electron chi connectivity index (χ4n) is 2.95. The van der Waals surface area contributed by atoms with Crippen molar-refractivity contribution in [2.24, 2.45) is 0 Å². The van der Waals surface area contributed by atoms with Crippen LogP contribution in [0.5, 0.6) is 0 Å². The Morgan fingerprint density at radius 2 is 2.28 bits per heavy atom. The summed E-state index contributed by atoms with van der Waals surface area (Å²) < 4.78 is 0. The molecule has 96 valence electrons. The molecule has 0 aromatic carbocycles. The normalized spacial score (nSPS) is 26.9. The average Bonchev–Trinajstić information content (AvgIpc) is 2.91. The second-order valence-electron chi connectivity index (χ2n) is 5.00. The number of hydrogen-bond acceptors (Lipinski definition) is 3. The molecule has 2 aliphatic rings. The lowest BCUT2D eigenvalue weighted by Gasteiger charge is -2.27. The predicted molar refractivity (Wildman–Crippen MR) is 69.3 cm³/mol. The summed E-state index contributed by atoms with van der Waals surface area (Å²) in [6, 6.07) is 2.31. The second kappa shape index (κ2) is 4.72. The van der Waals surface area contributed by atoms with Crippen LogP contribution in [0.3, 0.4) is 0 Å². The van der Waals surface area contributed by atoms with Crippen molar-refractivity contribution < 1.29 is 9.59 Å². The Hall–Kier alpha value is -1.36. The van der Waals surface area contributed by atoms with E-state index < -0.39 is 0 Å². The van der Waals surface area contributed by atoms with Crippen LogP contribution in [0.4, 0.5) is 0 Å². The molecule has 4 nitrogen and oxygen atoms in total. The fraction of sp³-hybridized carbons (Fsp3) is 0.538. The molecule has 0 unspecified atom stereocenters. The van der Waals surface area contributed by atoms with Gasteiger partial charge >= 0.3 is 0 Å². The molecule has 2 amide bonds. The van der Waals surface area contributed by atoms with Gasteiger partial charge in [-0.05, 0) is 35.2 Å². The van der Waals surface area contributed by atoms with Crippen LogP contribution in [0.15, 0.2) is 16.8 Å². The van der Waals surface area contributed by atoms with Crippen molar-refractivity contribution in [3.8, 4) is 0 Å². The monoisotopic (exact) mass is 264 g/mol. The van der Waals surface area contributed by atoms with Gasteiger partial charge in [0.05, 0.1) is 6.42 Å². The summed E-state index contributed by atoms with van der Waals surface area (Å²) in [7, 11) is 0. The Morgan fingerprint density at radius 3 is 3.06 bits per heavy atom. The lowest BCUT2D eigenvalue weighted by atomic mass is 10.1. The zero-order chi connectivity index (χ0) is 12.5. The molecular formula is C13H16N2O2S. The van der Waals surface area contributed by atoms with E-state index in [2.05, 4.69) is 5.32 Å². The summed E-state index contributed by atoms with van der Waals surface area (Å²) in [5, 5.41) is 6.89. The number of hydrogen-bond donors (Lipinski definition) is 1. The number of thiophene rings is 1. The maximum Gasteiger partial charge on any atom is 0.227 e. The summed E-state index contributed by atoms with van der Waals surface area (Å²) in [6.45, 7) is 0.616. The number of carbonyl (C=O) groups is 2. The van der Waals surface area contributed by atoms with Gasteiger partial charge in [-0.1, -0.05) is 0 Å². The van der Waals surface area contributed by atoms with Crippen molar-refractivity contribution in [1.29, 1.82) is 0 Å². The molecule has 2 saturated heterocycles. The first kappa shape index (κ1) is 11.7. The van der Waals surface area contributed by atoms with E-state index in [1.54, 1.807) is 11.3 Å². The van der Waals surface area contributed by atoms with E-state index in [0.29, 0.717) is 19.4 Å². The van der Waals surface area contributed by atoms with E-state index in [1.807, 2.05) is 21.7 Å². The number of amides is 2. The van der Waals surface area contributed by atoms with Crippen molar-refractivity contribution in [2.75, 3.05) is 6.54 Å². The van der Waals surface area contributed by atoms with Crippen molar-refractivity contribution in [3.63, 3.8) is 0 Å². The van der Waals surface area contributed by atoms with E-state index in [9.17, 15) is 9.59 Å². The Morgan fingerprint density at radius 1 is 1.44 bits per heavy atom. The van der Waals surface area contributed by atoms with Crippen molar-refractivity contribution in [1.82, 2.24) is 10.2 Å². The van der Waals surface area contributed by atoms with Gasteiger partial charge in [0.1, 0.15) is 0 Å². The van der Waals surface area contributed by atoms with Gasteiger partial charge in [-0.15, -0.1) is 0 Å². The van der Waals surface area contributed by atoms with Crippen LogP contribution in [0.25, 0.3) is 0 Å². The highest BCUT2D eigenvalue weighted by molar-refractivity contribution is 7.07. The number of nitrogens with zero attached hydrogens (tertiary/aromatic N) is 1. The minimum atomic E-state index is 0.0792. The quantitative estimate of drug-likeness (QED) is 0.871. The van der Waals surface area contributed by atoms with Crippen LogP contribution < -0.4 is 5.32 Å². The molecule has 0 aliphatic carbocycles. The number of fused-ring (bicyclic) bond motifs is 2. The van der Waals surface area contributed by atoms with Gasteiger partial charge in [-0.3, -0.25) is 9.59 Å². The van der Waals surface area contributed by atoms with Crippen molar-refractivity contribution in [3.05, 3.63) is 22.4 Å². The van der Waals surface area contributed by atoms with E-state index in [0.717, 1.165) is 18.4 Å². The van der Waals surface area contributed by atoms with Gasteiger partial charge < -0.3 is 10.2 Å². The predicted octanol–water partition coefficient (Wildman–Crippen LogP) is 1.17. The first-order valence-corrected chi connectivity index (χ1v) is 7.27. The van der Waals surface area contributed by atoms with Crippen LogP contribution in [-0.4, -0.2) is 35.3 Å². The van der Waals surface area contributed by atoms with E-state index in [1.165, 1.54) is 0 Å².